The summed E-state index contributed by atoms with van der Waals surface area (Å²) in [6, 6.07) is 0. The molecule has 0 bridgehead atoms. The molecule has 0 amide bonds. The molecule has 9 heavy (non-hydrogen) atoms. The van der Waals surface area contributed by atoms with Gasteiger partial charge in [-0.1, -0.05) is 11.6 Å². The maximum atomic E-state index is 10.00. The normalized spacial score (nSPS) is 12.8. The zero-order valence-electron chi connectivity index (χ0n) is 4.83. The van der Waals surface area contributed by atoms with Crippen LogP contribution < -0.4 is 0 Å². The van der Waals surface area contributed by atoms with E-state index in [0.717, 1.165) is 0 Å². The molecule has 1 atom stereocenters. The van der Waals surface area contributed by atoms with Gasteiger partial charge in [0, 0.05) is 6.92 Å². The molecule has 0 saturated heterocycles. The monoisotopic (exact) mass is 154 g/mol. The van der Waals surface area contributed by atoms with Crippen LogP contribution in [0.4, 0.5) is 0 Å². The van der Waals surface area contributed by atoms with E-state index in [-0.39, 0.29) is 6.79 Å². The molecule has 0 aliphatic heterocycles. The average molecular weight is 155 g/mol. The molecule has 0 aromatic rings. The maximum absolute atomic E-state index is 10.00. The largest absolute Gasteiger partial charge is 0.438 e. The Bertz CT molecular complexity index is 92.6. The first kappa shape index (κ1) is 8.68. The molecule has 0 saturated carbocycles. The molecule has 4 nitrogen and oxygen atoms in total. The quantitative estimate of drug-likeness (QED) is 0.354. The van der Waals surface area contributed by atoms with E-state index in [1.54, 1.807) is 0 Å². The summed E-state index contributed by atoms with van der Waals surface area (Å²) in [4.78, 5) is 10.00. The fourth-order valence-corrected chi connectivity index (χ4v) is 0.225. The van der Waals surface area contributed by atoms with Gasteiger partial charge in [-0.05, 0) is 0 Å². The molecule has 54 valence electrons. The number of ether oxygens (including phenoxy) is 2. The highest BCUT2D eigenvalue weighted by atomic mass is 35.5. The van der Waals surface area contributed by atoms with Crippen LogP contribution in [-0.2, 0) is 14.3 Å². The van der Waals surface area contributed by atoms with Crippen LogP contribution >= 0.6 is 11.6 Å². The molecule has 0 radical (unpaired) electrons. The molecular weight excluding hydrogens is 147 g/mol. The van der Waals surface area contributed by atoms with Crippen molar-refractivity contribution in [3.05, 3.63) is 0 Å². The minimum Gasteiger partial charge on any atom is -0.438 e. The smallest absolute Gasteiger partial charge is 0.304 e. The van der Waals surface area contributed by atoms with Crippen LogP contribution in [0, 0.1) is 0 Å². The van der Waals surface area contributed by atoms with Gasteiger partial charge in [-0.2, -0.15) is 0 Å². The van der Waals surface area contributed by atoms with E-state index in [9.17, 15) is 4.79 Å². The third kappa shape index (κ3) is 7.68. The summed E-state index contributed by atoms with van der Waals surface area (Å²) in [7, 11) is 0. The van der Waals surface area contributed by atoms with E-state index in [2.05, 4.69) is 9.47 Å². The number of alkyl halides is 1. The number of aliphatic hydroxyl groups is 1. The predicted octanol–water partition coefficient (Wildman–Crippen LogP) is 0.0383. The van der Waals surface area contributed by atoms with E-state index >= 15 is 0 Å². The van der Waals surface area contributed by atoms with Gasteiger partial charge < -0.3 is 14.6 Å². The number of carbonyl (C=O) groups is 1. The van der Waals surface area contributed by atoms with Crippen molar-refractivity contribution in [3.8, 4) is 0 Å². The molecule has 5 heteroatoms. The Balaban J connectivity index is 3.01. The summed E-state index contributed by atoms with van der Waals surface area (Å²) < 4.78 is 8.48. The number of carbonyl (C=O) groups excluding carboxylic acids is 1. The van der Waals surface area contributed by atoms with Crippen LogP contribution in [0.15, 0.2) is 0 Å². The minimum atomic E-state index is -1.41. The first-order chi connectivity index (χ1) is 4.13. The van der Waals surface area contributed by atoms with E-state index in [4.69, 9.17) is 16.7 Å². The highest BCUT2D eigenvalue weighted by Crippen LogP contribution is 1.91. The number of esters is 1. The van der Waals surface area contributed by atoms with Gasteiger partial charge in [0.25, 0.3) is 0 Å². The first-order valence-corrected chi connectivity index (χ1v) is 2.63. The molecule has 0 rings (SSSR count). The zero-order valence-corrected chi connectivity index (χ0v) is 5.59. The van der Waals surface area contributed by atoms with Gasteiger partial charge in [-0.25, -0.2) is 0 Å². The molecule has 0 aliphatic carbocycles. The van der Waals surface area contributed by atoms with Gasteiger partial charge >= 0.3 is 5.97 Å². The molecule has 0 spiro atoms. The Morgan fingerprint density at radius 2 is 2.44 bits per heavy atom. The van der Waals surface area contributed by atoms with E-state index < -0.39 is 11.7 Å². The molecular formula is C4H7ClO4. The number of halogens is 1. The highest BCUT2D eigenvalue weighted by molar-refractivity contribution is 6.18. The minimum absolute atomic E-state index is 0.319. The fourth-order valence-electron chi connectivity index (χ4n) is 0.173. The third-order valence-corrected chi connectivity index (χ3v) is 0.594. The second-order valence-corrected chi connectivity index (χ2v) is 1.59. The first-order valence-electron chi connectivity index (χ1n) is 2.20. The Morgan fingerprint density at radius 1 is 1.89 bits per heavy atom. The van der Waals surface area contributed by atoms with Crippen LogP contribution in [0.5, 0.6) is 0 Å². The summed E-state index contributed by atoms with van der Waals surface area (Å²) in [6.45, 7) is 0.907. The summed E-state index contributed by atoms with van der Waals surface area (Å²) in [5.74, 6) is -1.89. The third-order valence-electron chi connectivity index (χ3n) is 0.468. The molecule has 0 aromatic carbocycles. The van der Waals surface area contributed by atoms with Gasteiger partial charge in [0.05, 0.1) is 0 Å². The molecule has 1 unspecified atom stereocenters. The van der Waals surface area contributed by atoms with Crippen LogP contribution in [-0.4, -0.2) is 23.6 Å². The van der Waals surface area contributed by atoms with E-state index in [1.165, 1.54) is 6.92 Å². The van der Waals surface area contributed by atoms with Crippen LogP contribution in [0.3, 0.4) is 0 Å². The van der Waals surface area contributed by atoms with Gasteiger partial charge in [-0.3, -0.25) is 4.79 Å². The van der Waals surface area contributed by atoms with Crippen LogP contribution in [0.25, 0.3) is 0 Å². The number of aliphatic hydroxyl groups excluding tert-OH is 1. The van der Waals surface area contributed by atoms with Gasteiger partial charge in [-0.15, -0.1) is 0 Å². The van der Waals surface area contributed by atoms with E-state index in [1.807, 2.05) is 0 Å². The van der Waals surface area contributed by atoms with E-state index in [0.29, 0.717) is 0 Å². The highest BCUT2D eigenvalue weighted by Gasteiger charge is 1.96. The lowest BCUT2D eigenvalue weighted by molar-refractivity contribution is -0.166. The Labute approximate surface area is 57.3 Å². The van der Waals surface area contributed by atoms with Crippen molar-refractivity contribution in [1.82, 2.24) is 0 Å². The SMILES string of the molecule is CC(=O)OCOC(O)Cl. The van der Waals surface area contributed by atoms with Crippen LogP contribution in [0.1, 0.15) is 6.92 Å². The van der Waals surface area contributed by atoms with Gasteiger partial charge in [0.1, 0.15) is 0 Å². The topological polar surface area (TPSA) is 55.8 Å². The van der Waals surface area contributed by atoms with Crippen molar-refractivity contribution in [3.63, 3.8) is 0 Å². The standard InChI is InChI=1S/C4H7ClO4/c1-3(6)8-2-9-4(5)7/h4,7H,2H2,1H3. The summed E-state index contributed by atoms with van der Waals surface area (Å²) >= 11 is 4.90. The fraction of sp³-hybridized carbons (Fsp3) is 0.750. The summed E-state index contributed by atoms with van der Waals surface area (Å²) in [6.07, 6.45) is 0. The second-order valence-electron chi connectivity index (χ2n) is 1.21. The molecule has 0 heterocycles. The van der Waals surface area contributed by atoms with Crippen molar-refractivity contribution in [2.24, 2.45) is 0 Å². The lowest BCUT2D eigenvalue weighted by Crippen LogP contribution is -2.09. The molecule has 0 fully saturated rings. The molecule has 1 N–H and O–H groups in total. The maximum Gasteiger partial charge on any atom is 0.304 e. The summed E-state index contributed by atoms with van der Waals surface area (Å²) in [5.41, 5.74) is 0. The lowest BCUT2D eigenvalue weighted by atomic mass is 10.8. The Hall–Kier alpha value is -0.320. The van der Waals surface area contributed by atoms with Gasteiger partial charge in [0.15, 0.2) is 6.79 Å². The lowest BCUT2D eigenvalue weighted by Gasteiger charge is -2.02. The molecule has 0 aliphatic rings. The van der Waals surface area contributed by atoms with Crippen molar-refractivity contribution >= 4 is 17.6 Å². The second kappa shape index (κ2) is 4.55. The molecule has 0 aromatic heterocycles. The van der Waals surface area contributed by atoms with Crippen molar-refractivity contribution in [1.29, 1.82) is 0 Å². The Kier molecular flexibility index (Phi) is 4.39. The number of rotatable bonds is 3. The predicted molar refractivity (Wildman–Crippen MR) is 29.6 cm³/mol. The average Bonchev–Trinajstić information content (AvgIpc) is 1.63. The van der Waals surface area contributed by atoms with Gasteiger partial charge in [0.2, 0.25) is 5.75 Å². The number of hydrogen-bond donors (Lipinski definition) is 1. The number of hydrogen-bond acceptors (Lipinski definition) is 4. The van der Waals surface area contributed by atoms with Crippen molar-refractivity contribution in [2.45, 2.75) is 12.7 Å². The summed E-state index contributed by atoms with van der Waals surface area (Å²) in [5, 5.41) is 8.22. The van der Waals surface area contributed by atoms with Crippen LogP contribution in [0.2, 0.25) is 0 Å². The van der Waals surface area contributed by atoms with Crippen molar-refractivity contribution in [2.75, 3.05) is 6.79 Å². The Morgan fingerprint density at radius 3 is 2.78 bits per heavy atom. The van der Waals surface area contributed by atoms with Crippen molar-refractivity contribution < 1.29 is 19.4 Å². The zero-order chi connectivity index (χ0) is 7.28.